The van der Waals surface area contributed by atoms with Crippen LogP contribution in [-0.4, -0.2) is 35.4 Å². The summed E-state index contributed by atoms with van der Waals surface area (Å²) in [6.45, 7) is 0.849. The summed E-state index contributed by atoms with van der Waals surface area (Å²) in [4.78, 5) is 15.3. The molecule has 0 amide bonds. The Labute approximate surface area is 140 Å². The number of esters is 1. The lowest BCUT2D eigenvalue weighted by Gasteiger charge is -2.22. The van der Waals surface area contributed by atoms with Crippen molar-refractivity contribution in [1.82, 2.24) is 10.1 Å². The topological polar surface area (TPSA) is 74.5 Å². The predicted octanol–water partition coefficient (Wildman–Crippen LogP) is 3.48. The molecule has 1 aromatic heterocycles. The van der Waals surface area contributed by atoms with E-state index in [-0.39, 0.29) is 24.1 Å². The van der Waals surface area contributed by atoms with Gasteiger partial charge < -0.3 is 14.0 Å². The van der Waals surface area contributed by atoms with Gasteiger partial charge in [0.2, 0.25) is 5.82 Å². The van der Waals surface area contributed by atoms with Crippen molar-refractivity contribution in [2.24, 2.45) is 0 Å². The molecule has 134 valence electrons. The maximum Gasteiger partial charge on any atom is 0.471 e. The molecule has 0 radical (unpaired) electrons. The zero-order valence-electron chi connectivity index (χ0n) is 13.1. The molecule has 0 spiro atoms. The van der Waals surface area contributed by atoms with E-state index in [9.17, 15) is 18.0 Å². The molecule has 1 atom stereocenters. The number of nitrogens with zero attached hydrogens (tertiary/aromatic N) is 2. The molecule has 1 unspecified atom stereocenters. The summed E-state index contributed by atoms with van der Waals surface area (Å²) in [5.41, 5.74) is 0.575. The van der Waals surface area contributed by atoms with Crippen molar-refractivity contribution in [2.75, 3.05) is 13.2 Å². The first kappa shape index (κ1) is 17.4. The quantitative estimate of drug-likeness (QED) is 0.781. The van der Waals surface area contributed by atoms with Gasteiger partial charge in [-0.1, -0.05) is 17.3 Å². The van der Waals surface area contributed by atoms with E-state index >= 15 is 0 Å². The number of benzene rings is 1. The Morgan fingerprint density at radius 3 is 2.60 bits per heavy atom. The van der Waals surface area contributed by atoms with Crippen molar-refractivity contribution in [2.45, 2.75) is 31.5 Å². The molecule has 3 rings (SSSR count). The van der Waals surface area contributed by atoms with Crippen LogP contribution in [0, 0.1) is 0 Å². The van der Waals surface area contributed by atoms with Gasteiger partial charge in [0.05, 0.1) is 11.7 Å². The van der Waals surface area contributed by atoms with Crippen LogP contribution in [0.1, 0.15) is 35.5 Å². The lowest BCUT2D eigenvalue weighted by Crippen LogP contribution is -2.25. The van der Waals surface area contributed by atoms with Crippen molar-refractivity contribution < 1.29 is 32.0 Å². The van der Waals surface area contributed by atoms with Gasteiger partial charge in [0.1, 0.15) is 6.61 Å². The van der Waals surface area contributed by atoms with Gasteiger partial charge in [0.15, 0.2) is 0 Å². The number of alkyl halides is 3. The molecule has 2 heterocycles. The second kappa shape index (κ2) is 7.22. The van der Waals surface area contributed by atoms with Crippen LogP contribution in [0.5, 0.6) is 0 Å². The Bertz CT molecular complexity index is 722. The molecule has 25 heavy (non-hydrogen) atoms. The highest BCUT2D eigenvalue weighted by molar-refractivity contribution is 5.89. The summed E-state index contributed by atoms with van der Waals surface area (Å²) in [6.07, 6.45) is -1.88. The lowest BCUT2D eigenvalue weighted by atomic mass is 10.1. The smallest absolute Gasteiger partial charge is 0.459 e. The third kappa shape index (κ3) is 4.36. The van der Waals surface area contributed by atoms with Crippen LogP contribution in [0.2, 0.25) is 0 Å². The van der Waals surface area contributed by atoms with E-state index in [1.54, 1.807) is 0 Å². The molecular formula is C16H15F3N2O4. The molecule has 0 aliphatic carbocycles. The van der Waals surface area contributed by atoms with Gasteiger partial charge in [-0.2, -0.15) is 18.2 Å². The van der Waals surface area contributed by atoms with Crippen molar-refractivity contribution in [3.8, 4) is 11.4 Å². The van der Waals surface area contributed by atoms with Crippen LogP contribution in [0.4, 0.5) is 13.2 Å². The first-order valence-corrected chi connectivity index (χ1v) is 7.73. The zero-order chi connectivity index (χ0) is 17.9. The second-order valence-electron chi connectivity index (χ2n) is 5.59. The number of halogens is 3. The number of carbonyl (C=O) groups excluding carboxylic acids is 1. The Morgan fingerprint density at radius 1 is 1.24 bits per heavy atom. The molecule has 0 saturated carbocycles. The molecule has 1 aliphatic heterocycles. The minimum Gasteiger partial charge on any atom is -0.459 e. The summed E-state index contributed by atoms with van der Waals surface area (Å²) in [5.74, 6) is -2.15. The molecule has 1 fully saturated rings. The zero-order valence-corrected chi connectivity index (χ0v) is 13.1. The lowest BCUT2D eigenvalue weighted by molar-refractivity contribution is -0.159. The van der Waals surface area contributed by atoms with Gasteiger partial charge in [0.25, 0.3) is 0 Å². The summed E-state index contributed by atoms with van der Waals surface area (Å²) in [6, 6.07) is 5.73. The maximum atomic E-state index is 12.5. The standard InChI is InChI=1S/C16H15F3N2O4/c17-16(18,19)15-20-13(21-25-15)10-4-6-11(7-5-10)14(22)24-9-12-3-1-2-8-23-12/h4-7,12H,1-3,8-9H2. The van der Waals surface area contributed by atoms with E-state index in [4.69, 9.17) is 9.47 Å². The Balaban J connectivity index is 1.61. The first-order valence-electron chi connectivity index (χ1n) is 7.73. The van der Waals surface area contributed by atoms with Crippen LogP contribution in [0.25, 0.3) is 11.4 Å². The first-order chi connectivity index (χ1) is 11.9. The number of hydrogen-bond acceptors (Lipinski definition) is 6. The van der Waals surface area contributed by atoms with Crippen molar-refractivity contribution in [3.63, 3.8) is 0 Å². The molecule has 2 aromatic rings. The van der Waals surface area contributed by atoms with Crippen LogP contribution >= 0.6 is 0 Å². The van der Waals surface area contributed by atoms with Crippen LogP contribution < -0.4 is 0 Å². The average molecular weight is 356 g/mol. The van der Waals surface area contributed by atoms with Gasteiger partial charge in [-0.3, -0.25) is 0 Å². The summed E-state index contributed by atoms with van der Waals surface area (Å²) >= 11 is 0. The van der Waals surface area contributed by atoms with E-state index < -0.39 is 18.0 Å². The number of hydrogen-bond donors (Lipinski definition) is 0. The predicted molar refractivity (Wildman–Crippen MR) is 78.6 cm³/mol. The van der Waals surface area contributed by atoms with Gasteiger partial charge in [0, 0.05) is 12.2 Å². The SMILES string of the molecule is O=C(OCC1CCCCO1)c1ccc(-c2noc(C(F)(F)F)n2)cc1. The maximum absolute atomic E-state index is 12.5. The second-order valence-corrected chi connectivity index (χ2v) is 5.59. The summed E-state index contributed by atoms with van der Waals surface area (Å²) in [5, 5.41) is 3.29. The fraction of sp³-hybridized carbons (Fsp3) is 0.438. The van der Waals surface area contributed by atoms with E-state index in [0.717, 1.165) is 19.3 Å². The highest BCUT2D eigenvalue weighted by Crippen LogP contribution is 2.29. The van der Waals surface area contributed by atoms with Crippen molar-refractivity contribution in [3.05, 3.63) is 35.7 Å². The van der Waals surface area contributed by atoms with Gasteiger partial charge in [-0.15, -0.1) is 0 Å². The Hall–Kier alpha value is -2.42. The monoisotopic (exact) mass is 356 g/mol. The fourth-order valence-corrected chi connectivity index (χ4v) is 2.40. The molecule has 0 bridgehead atoms. The summed E-state index contributed by atoms with van der Waals surface area (Å²) < 4.78 is 52.2. The van der Waals surface area contributed by atoms with Crippen LogP contribution in [0.15, 0.2) is 28.8 Å². The van der Waals surface area contributed by atoms with Gasteiger partial charge in [-0.25, -0.2) is 4.79 Å². The Kier molecular flexibility index (Phi) is 5.03. The number of rotatable bonds is 4. The van der Waals surface area contributed by atoms with Crippen LogP contribution in [0.3, 0.4) is 0 Å². The minimum absolute atomic E-state index is 0.0860. The Morgan fingerprint density at radius 2 is 2.00 bits per heavy atom. The molecule has 0 N–H and O–H groups in total. The van der Waals surface area contributed by atoms with Crippen molar-refractivity contribution >= 4 is 5.97 Å². The van der Waals surface area contributed by atoms with Crippen molar-refractivity contribution in [1.29, 1.82) is 0 Å². The number of carbonyl (C=O) groups is 1. The minimum atomic E-state index is -4.70. The summed E-state index contributed by atoms with van der Waals surface area (Å²) in [7, 11) is 0. The largest absolute Gasteiger partial charge is 0.471 e. The molecular weight excluding hydrogens is 341 g/mol. The van der Waals surface area contributed by atoms with E-state index in [0.29, 0.717) is 12.2 Å². The highest BCUT2D eigenvalue weighted by Gasteiger charge is 2.38. The number of ether oxygens (including phenoxy) is 2. The molecule has 1 aliphatic rings. The molecule has 1 saturated heterocycles. The van der Waals surface area contributed by atoms with Gasteiger partial charge in [-0.05, 0) is 31.4 Å². The third-order valence-corrected chi connectivity index (χ3v) is 3.72. The van der Waals surface area contributed by atoms with E-state index in [2.05, 4.69) is 14.7 Å². The molecule has 6 nitrogen and oxygen atoms in total. The molecule has 1 aromatic carbocycles. The van der Waals surface area contributed by atoms with E-state index in [1.165, 1.54) is 24.3 Å². The third-order valence-electron chi connectivity index (χ3n) is 3.72. The normalized spacial score (nSPS) is 18.1. The number of aromatic nitrogens is 2. The molecule has 9 heteroatoms. The van der Waals surface area contributed by atoms with Gasteiger partial charge >= 0.3 is 18.0 Å². The highest BCUT2D eigenvalue weighted by atomic mass is 19.4. The van der Waals surface area contributed by atoms with Crippen LogP contribution in [-0.2, 0) is 15.7 Å². The fourth-order valence-electron chi connectivity index (χ4n) is 2.40. The van der Waals surface area contributed by atoms with E-state index in [1.807, 2.05) is 0 Å². The average Bonchev–Trinajstić information content (AvgIpc) is 3.11.